The minimum absolute atomic E-state index is 0.192. The van der Waals surface area contributed by atoms with Crippen molar-refractivity contribution in [2.24, 2.45) is 5.73 Å². The molecule has 1 aliphatic rings. The SMILES string of the molecule is CC(N)CN1CCN(C)CC1CO. The van der Waals surface area contributed by atoms with Crippen LogP contribution in [0.15, 0.2) is 0 Å². The van der Waals surface area contributed by atoms with Gasteiger partial charge in [0.05, 0.1) is 6.61 Å². The van der Waals surface area contributed by atoms with Gasteiger partial charge in [0.2, 0.25) is 0 Å². The molecule has 0 aromatic rings. The number of hydrogen-bond donors (Lipinski definition) is 2. The van der Waals surface area contributed by atoms with Crippen LogP contribution in [0.2, 0.25) is 0 Å². The van der Waals surface area contributed by atoms with E-state index in [4.69, 9.17) is 5.73 Å². The summed E-state index contributed by atoms with van der Waals surface area (Å²) in [5.74, 6) is 0. The molecule has 0 bridgehead atoms. The third-order valence-corrected chi connectivity index (χ3v) is 2.54. The molecule has 2 unspecified atom stereocenters. The van der Waals surface area contributed by atoms with Crippen LogP contribution in [-0.4, -0.2) is 66.8 Å². The number of aliphatic hydroxyl groups is 1. The van der Waals surface area contributed by atoms with Gasteiger partial charge in [0.25, 0.3) is 0 Å². The lowest BCUT2D eigenvalue weighted by atomic mass is 10.1. The summed E-state index contributed by atoms with van der Waals surface area (Å²) in [6.07, 6.45) is 0. The highest BCUT2D eigenvalue weighted by Gasteiger charge is 2.24. The van der Waals surface area contributed by atoms with Gasteiger partial charge in [0.15, 0.2) is 0 Å². The molecular weight excluding hydrogens is 166 g/mol. The topological polar surface area (TPSA) is 52.7 Å². The van der Waals surface area contributed by atoms with E-state index in [0.717, 1.165) is 26.2 Å². The van der Waals surface area contributed by atoms with Crippen molar-refractivity contribution >= 4 is 0 Å². The minimum Gasteiger partial charge on any atom is -0.395 e. The van der Waals surface area contributed by atoms with Gasteiger partial charge in [0, 0.05) is 38.3 Å². The lowest BCUT2D eigenvalue weighted by Gasteiger charge is -2.39. The number of nitrogens with two attached hydrogens (primary N) is 1. The fourth-order valence-electron chi connectivity index (χ4n) is 1.83. The molecule has 4 nitrogen and oxygen atoms in total. The molecule has 0 radical (unpaired) electrons. The normalized spacial score (nSPS) is 29.1. The summed E-state index contributed by atoms with van der Waals surface area (Å²) < 4.78 is 0. The van der Waals surface area contributed by atoms with Crippen molar-refractivity contribution in [1.82, 2.24) is 9.80 Å². The van der Waals surface area contributed by atoms with Crippen LogP contribution in [0.25, 0.3) is 0 Å². The maximum absolute atomic E-state index is 9.18. The average molecular weight is 187 g/mol. The van der Waals surface area contributed by atoms with Crippen LogP contribution in [0.3, 0.4) is 0 Å². The van der Waals surface area contributed by atoms with Gasteiger partial charge < -0.3 is 15.7 Å². The second-order valence-electron chi connectivity index (χ2n) is 4.07. The van der Waals surface area contributed by atoms with E-state index in [1.807, 2.05) is 6.92 Å². The predicted molar refractivity (Wildman–Crippen MR) is 53.6 cm³/mol. The Hall–Kier alpha value is -0.160. The monoisotopic (exact) mass is 187 g/mol. The van der Waals surface area contributed by atoms with Crippen LogP contribution in [0, 0.1) is 0 Å². The van der Waals surface area contributed by atoms with Crippen LogP contribution >= 0.6 is 0 Å². The molecule has 0 aliphatic carbocycles. The number of aliphatic hydroxyl groups excluding tert-OH is 1. The average Bonchev–Trinajstić information content (AvgIpc) is 2.07. The lowest BCUT2D eigenvalue weighted by molar-refractivity contribution is 0.0484. The highest BCUT2D eigenvalue weighted by atomic mass is 16.3. The van der Waals surface area contributed by atoms with Gasteiger partial charge >= 0.3 is 0 Å². The van der Waals surface area contributed by atoms with Gasteiger partial charge in [-0.15, -0.1) is 0 Å². The number of rotatable bonds is 3. The van der Waals surface area contributed by atoms with Crippen molar-refractivity contribution in [1.29, 1.82) is 0 Å². The van der Waals surface area contributed by atoms with Crippen molar-refractivity contribution in [3.8, 4) is 0 Å². The van der Waals surface area contributed by atoms with Crippen molar-refractivity contribution in [3.63, 3.8) is 0 Å². The van der Waals surface area contributed by atoms with Crippen LogP contribution < -0.4 is 5.73 Å². The first-order valence-corrected chi connectivity index (χ1v) is 4.92. The summed E-state index contributed by atoms with van der Waals surface area (Å²) in [6.45, 7) is 6.17. The molecular formula is C9H21N3O. The Morgan fingerprint density at radius 3 is 2.77 bits per heavy atom. The molecule has 2 atom stereocenters. The Morgan fingerprint density at radius 1 is 1.54 bits per heavy atom. The van der Waals surface area contributed by atoms with Gasteiger partial charge in [-0.1, -0.05) is 0 Å². The van der Waals surface area contributed by atoms with Gasteiger partial charge in [-0.05, 0) is 14.0 Å². The standard InChI is InChI=1S/C9H21N3O/c1-8(10)5-12-4-3-11(2)6-9(12)7-13/h8-9,13H,3-7,10H2,1-2H3. The van der Waals surface area contributed by atoms with E-state index >= 15 is 0 Å². The summed E-state index contributed by atoms with van der Waals surface area (Å²) in [5.41, 5.74) is 5.74. The van der Waals surface area contributed by atoms with Crippen molar-refractivity contribution in [2.45, 2.75) is 19.0 Å². The first kappa shape index (κ1) is 10.9. The molecule has 1 aliphatic heterocycles. The second kappa shape index (κ2) is 4.91. The van der Waals surface area contributed by atoms with E-state index in [9.17, 15) is 5.11 Å². The molecule has 78 valence electrons. The summed E-state index contributed by atoms with van der Waals surface area (Å²) in [6, 6.07) is 0.460. The maximum Gasteiger partial charge on any atom is 0.0599 e. The Morgan fingerprint density at radius 2 is 2.23 bits per heavy atom. The van der Waals surface area contributed by atoms with Crippen LogP contribution in [0.5, 0.6) is 0 Å². The lowest BCUT2D eigenvalue weighted by Crippen LogP contribution is -2.55. The van der Waals surface area contributed by atoms with Gasteiger partial charge in [-0.3, -0.25) is 4.90 Å². The molecule has 1 rings (SSSR count). The molecule has 3 N–H and O–H groups in total. The smallest absolute Gasteiger partial charge is 0.0599 e. The Labute approximate surface area is 80.3 Å². The molecule has 1 heterocycles. The highest BCUT2D eigenvalue weighted by Crippen LogP contribution is 2.07. The number of hydrogen-bond acceptors (Lipinski definition) is 4. The molecule has 13 heavy (non-hydrogen) atoms. The number of nitrogens with zero attached hydrogens (tertiary/aromatic N) is 2. The summed E-state index contributed by atoms with van der Waals surface area (Å²) in [7, 11) is 2.09. The third-order valence-electron chi connectivity index (χ3n) is 2.54. The first-order valence-electron chi connectivity index (χ1n) is 4.92. The van der Waals surface area contributed by atoms with E-state index in [0.29, 0.717) is 0 Å². The van der Waals surface area contributed by atoms with Crippen molar-refractivity contribution in [2.75, 3.05) is 39.8 Å². The fraction of sp³-hybridized carbons (Fsp3) is 1.00. The van der Waals surface area contributed by atoms with Gasteiger partial charge in [0.1, 0.15) is 0 Å². The quantitative estimate of drug-likeness (QED) is 0.591. The molecule has 1 saturated heterocycles. The zero-order valence-corrected chi connectivity index (χ0v) is 8.61. The van der Waals surface area contributed by atoms with Crippen LogP contribution in [0.1, 0.15) is 6.92 Å². The molecule has 0 spiro atoms. The van der Waals surface area contributed by atoms with E-state index in [-0.39, 0.29) is 18.7 Å². The minimum atomic E-state index is 0.192. The Kier molecular flexibility index (Phi) is 4.12. The zero-order valence-electron chi connectivity index (χ0n) is 8.61. The molecule has 0 aromatic heterocycles. The largest absolute Gasteiger partial charge is 0.395 e. The van der Waals surface area contributed by atoms with E-state index in [1.54, 1.807) is 0 Å². The summed E-state index contributed by atoms with van der Waals surface area (Å²) in [5, 5.41) is 9.18. The first-order chi connectivity index (χ1) is 6.13. The third kappa shape index (κ3) is 3.23. The van der Waals surface area contributed by atoms with Crippen molar-refractivity contribution < 1.29 is 5.11 Å². The maximum atomic E-state index is 9.18. The van der Waals surface area contributed by atoms with Crippen LogP contribution in [0.4, 0.5) is 0 Å². The highest BCUT2D eigenvalue weighted by molar-refractivity contribution is 4.81. The molecule has 0 aromatic carbocycles. The van der Waals surface area contributed by atoms with E-state index in [2.05, 4.69) is 16.8 Å². The molecule has 0 saturated carbocycles. The molecule has 1 fully saturated rings. The zero-order chi connectivity index (χ0) is 9.84. The Bertz CT molecular complexity index is 152. The Balaban J connectivity index is 2.42. The van der Waals surface area contributed by atoms with Crippen molar-refractivity contribution in [3.05, 3.63) is 0 Å². The predicted octanol–water partition coefficient (Wildman–Crippen LogP) is -1.06. The van der Waals surface area contributed by atoms with E-state index in [1.165, 1.54) is 0 Å². The van der Waals surface area contributed by atoms with Gasteiger partial charge in [-0.25, -0.2) is 0 Å². The van der Waals surface area contributed by atoms with Gasteiger partial charge in [-0.2, -0.15) is 0 Å². The fourth-order valence-corrected chi connectivity index (χ4v) is 1.83. The summed E-state index contributed by atoms with van der Waals surface area (Å²) >= 11 is 0. The van der Waals surface area contributed by atoms with E-state index < -0.39 is 0 Å². The molecule has 4 heteroatoms. The number of piperazine rings is 1. The second-order valence-corrected chi connectivity index (χ2v) is 4.07. The number of likely N-dealkylation sites (N-methyl/N-ethyl adjacent to an activating group) is 1. The summed E-state index contributed by atoms with van der Waals surface area (Å²) in [4.78, 5) is 4.53. The van der Waals surface area contributed by atoms with Crippen LogP contribution in [-0.2, 0) is 0 Å². The molecule has 0 amide bonds.